The van der Waals surface area contributed by atoms with Gasteiger partial charge in [0, 0.05) is 49.9 Å². The van der Waals surface area contributed by atoms with E-state index in [0.29, 0.717) is 0 Å². The topological polar surface area (TPSA) is 35.6 Å². The van der Waals surface area contributed by atoms with Crippen LogP contribution in [0, 0.1) is 0 Å². The highest BCUT2D eigenvalue weighted by Gasteiger charge is 2.22. The van der Waals surface area contributed by atoms with Crippen molar-refractivity contribution in [1.29, 1.82) is 0 Å². The van der Waals surface area contributed by atoms with Gasteiger partial charge < -0.3 is 9.13 Å². The molecule has 0 saturated heterocycles. The third-order valence-corrected chi connectivity index (χ3v) is 11.4. The van der Waals surface area contributed by atoms with Gasteiger partial charge in [-0.3, -0.25) is 0 Å². The number of para-hydroxylation sites is 3. The molecule has 0 bridgehead atoms. The Morgan fingerprint density at radius 2 is 1.05 bits per heavy atom. The Kier molecular flexibility index (Phi) is 7.73. The molecule has 0 N–H and O–H groups in total. The van der Waals surface area contributed by atoms with E-state index in [2.05, 4.69) is 185 Å². The Bertz CT molecular complexity index is 3010. The lowest BCUT2D eigenvalue weighted by Crippen LogP contribution is -2.06. The van der Waals surface area contributed by atoms with Gasteiger partial charge >= 0.3 is 0 Å². The maximum atomic E-state index is 5.38. The van der Waals surface area contributed by atoms with Crippen molar-refractivity contribution in [3.05, 3.63) is 198 Å². The molecule has 3 aromatic heterocycles. The van der Waals surface area contributed by atoms with Gasteiger partial charge in [-0.1, -0.05) is 133 Å². The molecule has 4 nitrogen and oxygen atoms in total. The molecule has 0 radical (unpaired) electrons. The smallest absolute Gasteiger partial charge is 0.160 e. The molecule has 6 aromatic carbocycles. The van der Waals surface area contributed by atoms with Gasteiger partial charge in [-0.25, -0.2) is 9.97 Å². The zero-order valence-electron chi connectivity index (χ0n) is 30.9. The van der Waals surface area contributed by atoms with E-state index in [9.17, 15) is 0 Å². The molecule has 2 aliphatic carbocycles. The molecule has 56 heavy (non-hydrogen) atoms. The van der Waals surface area contributed by atoms with Gasteiger partial charge in [-0.2, -0.15) is 0 Å². The lowest BCUT2D eigenvalue weighted by atomic mass is 9.92. The van der Waals surface area contributed by atoms with Crippen molar-refractivity contribution in [3.8, 4) is 34.0 Å². The summed E-state index contributed by atoms with van der Waals surface area (Å²) in [5.74, 6) is 0.719. The number of rotatable bonds is 6. The van der Waals surface area contributed by atoms with E-state index in [4.69, 9.17) is 9.97 Å². The molecular formula is C52H38N4. The van der Waals surface area contributed by atoms with Crippen molar-refractivity contribution < 1.29 is 0 Å². The molecule has 266 valence electrons. The van der Waals surface area contributed by atoms with Crippen LogP contribution in [0.2, 0.25) is 0 Å². The summed E-state index contributed by atoms with van der Waals surface area (Å²) in [4.78, 5) is 10.6. The number of benzene rings is 6. The molecule has 0 fully saturated rings. The van der Waals surface area contributed by atoms with Crippen LogP contribution in [-0.2, 0) is 6.42 Å². The molecule has 0 saturated carbocycles. The molecule has 0 atom stereocenters. The summed E-state index contributed by atoms with van der Waals surface area (Å²) in [6, 6.07) is 56.7. The minimum atomic E-state index is 0.719. The molecule has 11 rings (SSSR count). The van der Waals surface area contributed by atoms with Gasteiger partial charge in [0.15, 0.2) is 5.82 Å². The molecule has 0 spiro atoms. The van der Waals surface area contributed by atoms with Crippen LogP contribution in [0.4, 0.5) is 0 Å². The molecule has 0 amide bonds. The maximum absolute atomic E-state index is 5.38. The summed E-state index contributed by atoms with van der Waals surface area (Å²) in [6.45, 7) is 0. The fraction of sp³-hybridized carbons (Fsp3) is 0.0769. The van der Waals surface area contributed by atoms with E-state index in [1.165, 1.54) is 55.1 Å². The zero-order valence-corrected chi connectivity index (χ0v) is 30.9. The predicted molar refractivity (Wildman–Crippen MR) is 233 cm³/mol. The SMILES string of the molecule is C1=Cc2c(n(-c3cc(-c4cc(C5=CCCC(c6ccccc6)=C5)nc(-c5ccccc5)n4)cc(-n4c5ccccc5c5ccccc54)c3)c3ccccc23)CC1. The molecule has 0 aliphatic heterocycles. The van der Waals surface area contributed by atoms with Crippen LogP contribution in [0.5, 0.6) is 0 Å². The van der Waals surface area contributed by atoms with E-state index in [-0.39, 0.29) is 0 Å². The summed E-state index contributed by atoms with van der Waals surface area (Å²) < 4.78 is 4.92. The van der Waals surface area contributed by atoms with E-state index in [0.717, 1.165) is 71.0 Å². The quantitative estimate of drug-likeness (QED) is 0.172. The number of hydrogen-bond donors (Lipinski definition) is 0. The summed E-state index contributed by atoms with van der Waals surface area (Å²) in [7, 11) is 0. The van der Waals surface area contributed by atoms with Crippen molar-refractivity contribution in [2.75, 3.05) is 0 Å². The van der Waals surface area contributed by atoms with Crippen molar-refractivity contribution in [1.82, 2.24) is 19.1 Å². The van der Waals surface area contributed by atoms with Crippen molar-refractivity contribution in [3.63, 3.8) is 0 Å². The first-order valence-electron chi connectivity index (χ1n) is 19.6. The number of allylic oxidation sites excluding steroid dienone is 5. The minimum Gasteiger partial charge on any atom is -0.313 e. The molecular weight excluding hydrogens is 681 g/mol. The fourth-order valence-corrected chi connectivity index (χ4v) is 8.89. The Hall–Kier alpha value is -7.04. The first kappa shape index (κ1) is 32.4. The second-order valence-electron chi connectivity index (χ2n) is 14.8. The standard InChI is InChI=1S/C52H38N4/c1-3-16-35(17-4-1)37-20-15-21-38(30-37)46-34-47(54-52(53-46)36-18-5-2-6-19-36)39-31-40(55-48-26-11-7-22-42(48)43-23-8-12-27-49(43)55)33-41(32-39)56-50-28-13-9-24-44(50)45-25-10-14-29-51(45)56/h1-13,16-19,21-28,30-34H,14-15,20,29H2. The van der Waals surface area contributed by atoms with Crippen LogP contribution in [0.1, 0.15) is 41.8 Å². The fourth-order valence-electron chi connectivity index (χ4n) is 8.89. The van der Waals surface area contributed by atoms with Gasteiger partial charge in [0.1, 0.15) is 0 Å². The van der Waals surface area contributed by atoms with E-state index in [1.54, 1.807) is 0 Å². The third kappa shape index (κ3) is 5.45. The number of fused-ring (bicyclic) bond motifs is 6. The van der Waals surface area contributed by atoms with Crippen LogP contribution in [-0.4, -0.2) is 19.1 Å². The molecule has 4 heteroatoms. The summed E-state index contributed by atoms with van der Waals surface area (Å²) in [5.41, 5.74) is 16.0. The van der Waals surface area contributed by atoms with Crippen LogP contribution in [0.15, 0.2) is 176 Å². The van der Waals surface area contributed by atoms with Gasteiger partial charge in [-0.05, 0) is 90.9 Å². The van der Waals surface area contributed by atoms with Crippen LogP contribution in [0.3, 0.4) is 0 Å². The maximum Gasteiger partial charge on any atom is 0.160 e. The van der Waals surface area contributed by atoms with E-state index in [1.807, 2.05) is 6.07 Å². The normalized spacial score (nSPS) is 13.9. The molecule has 3 heterocycles. The second-order valence-corrected chi connectivity index (χ2v) is 14.8. The van der Waals surface area contributed by atoms with E-state index >= 15 is 0 Å². The highest BCUT2D eigenvalue weighted by atomic mass is 15.0. The Balaban J connectivity index is 1.19. The molecule has 0 unspecified atom stereocenters. The van der Waals surface area contributed by atoms with Crippen molar-refractivity contribution in [2.45, 2.75) is 25.7 Å². The highest BCUT2D eigenvalue weighted by Crippen LogP contribution is 2.39. The first-order valence-corrected chi connectivity index (χ1v) is 19.6. The monoisotopic (exact) mass is 718 g/mol. The van der Waals surface area contributed by atoms with Crippen molar-refractivity contribution >= 4 is 49.9 Å². The van der Waals surface area contributed by atoms with E-state index < -0.39 is 0 Å². The summed E-state index contributed by atoms with van der Waals surface area (Å²) >= 11 is 0. The second kappa shape index (κ2) is 13.4. The predicted octanol–water partition coefficient (Wildman–Crippen LogP) is 13.1. The molecule has 9 aromatic rings. The Labute approximate surface area is 326 Å². The summed E-state index contributed by atoms with van der Waals surface area (Å²) in [5, 5.41) is 3.76. The van der Waals surface area contributed by atoms with Crippen LogP contribution in [0.25, 0.3) is 84.0 Å². The van der Waals surface area contributed by atoms with Gasteiger partial charge in [0.2, 0.25) is 0 Å². The third-order valence-electron chi connectivity index (χ3n) is 11.4. The largest absolute Gasteiger partial charge is 0.313 e. The summed E-state index contributed by atoms with van der Waals surface area (Å²) in [6.07, 6.45) is 13.2. The number of nitrogens with zero attached hydrogens (tertiary/aromatic N) is 4. The van der Waals surface area contributed by atoms with Crippen LogP contribution < -0.4 is 0 Å². The zero-order chi connectivity index (χ0) is 37.0. The van der Waals surface area contributed by atoms with Gasteiger partial charge in [0.25, 0.3) is 0 Å². The number of hydrogen-bond acceptors (Lipinski definition) is 2. The molecule has 2 aliphatic rings. The van der Waals surface area contributed by atoms with Gasteiger partial charge in [-0.15, -0.1) is 0 Å². The number of aromatic nitrogens is 4. The van der Waals surface area contributed by atoms with Crippen molar-refractivity contribution in [2.24, 2.45) is 0 Å². The Morgan fingerprint density at radius 3 is 1.77 bits per heavy atom. The average Bonchev–Trinajstić information content (AvgIpc) is 3.80. The van der Waals surface area contributed by atoms with Gasteiger partial charge in [0.05, 0.1) is 27.9 Å². The lowest BCUT2D eigenvalue weighted by molar-refractivity contribution is 0.888. The minimum absolute atomic E-state index is 0.719. The highest BCUT2D eigenvalue weighted by molar-refractivity contribution is 6.09. The Morgan fingerprint density at radius 1 is 0.464 bits per heavy atom. The first-order chi connectivity index (χ1) is 27.8. The average molecular weight is 719 g/mol. The lowest BCUT2D eigenvalue weighted by Gasteiger charge is -2.19. The van der Waals surface area contributed by atoms with Crippen LogP contribution >= 0.6 is 0 Å².